The van der Waals surface area contributed by atoms with E-state index in [0.29, 0.717) is 19.6 Å². The van der Waals surface area contributed by atoms with Crippen molar-refractivity contribution in [2.24, 2.45) is 0 Å². The van der Waals surface area contributed by atoms with Crippen LogP contribution < -0.4 is 15.4 Å². The van der Waals surface area contributed by atoms with E-state index in [1.54, 1.807) is 24.1 Å². The summed E-state index contributed by atoms with van der Waals surface area (Å²) in [7, 11) is 1.61. The van der Waals surface area contributed by atoms with Crippen molar-refractivity contribution in [1.29, 1.82) is 0 Å². The molecule has 2 N–H and O–H groups in total. The van der Waals surface area contributed by atoms with Crippen LogP contribution in [0.4, 0.5) is 18.4 Å². The second kappa shape index (κ2) is 9.58. The third-order valence-electron chi connectivity index (χ3n) is 6.01. The fourth-order valence-electron chi connectivity index (χ4n) is 4.34. The average Bonchev–Trinajstić information content (AvgIpc) is 3.62. The monoisotopic (exact) mass is 446 g/mol. The molecule has 2 aliphatic rings. The van der Waals surface area contributed by atoms with Gasteiger partial charge >= 0.3 is 18.7 Å². The zero-order valence-corrected chi connectivity index (χ0v) is 18.0. The van der Waals surface area contributed by atoms with E-state index in [0.717, 1.165) is 42.0 Å². The number of carbonyl (C=O) groups is 2. The summed E-state index contributed by atoms with van der Waals surface area (Å²) in [5.74, 6) is 0.103. The van der Waals surface area contributed by atoms with Gasteiger partial charge in [-0.05, 0) is 60.2 Å². The largest absolute Gasteiger partial charge is 0.435 e. The van der Waals surface area contributed by atoms with Crippen molar-refractivity contribution in [3.63, 3.8) is 0 Å². The van der Waals surface area contributed by atoms with Crippen LogP contribution >= 0.6 is 0 Å². The molecule has 1 aliphatic carbocycles. The standard InChI is InChI=1S/C23H28F2N4O3/c1-26-22(30)28-10-2-3-19(14-28)29(18-7-8-18)23(31)27-13-15-4-5-16-6-9-20(32-21(24)25)12-17(16)11-15/h4-6,9,11-12,18-19,21H,2-3,7-8,10,13-14H2,1H3,(H,26,30)(H,27,31)/t19-/m1/s1. The molecule has 1 aliphatic heterocycles. The number of hydrogen-bond donors (Lipinski definition) is 2. The van der Waals surface area contributed by atoms with E-state index in [4.69, 9.17) is 0 Å². The Morgan fingerprint density at radius 1 is 1.12 bits per heavy atom. The topological polar surface area (TPSA) is 73.9 Å². The number of nitrogens with zero attached hydrogens (tertiary/aromatic N) is 2. The minimum atomic E-state index is -2.87. The molecule has 4 rings (SSSR count). The molecule has 1 saturated carbocycles. The van der Waals surface area contributed by atoms with Gasteiger partial charge in [-0.25, -0.2) is 9.59 Å². The molecule has 0 radical (unpaired) electrons. The Bertz CT molecular complexity index is 983. The molecule has 2 aromatic rings. The van der Waals surface area contributed by atoms with E-state index >= 15 is 0 Å². The fraction of sp³-hybridized carbons (Fsp3) is 0.478. The molecule has 1 heterocycles. The first-order valence-electron chi connectivity index (χ1n) is 10.9. The number of ether oxygens (including phenoxy) is 1. The lowest BCUT2D eigenvalue weighted by molar-refractivity contribution is -0.0497. The second-order valence-electron chi connectivity index (χ2n) is 8.32. The molecule has 2 fully saturated rings. The van der Waals surface area contributed by atoms with Crippen molar-refractivity contribution in [3.8, 4) is 5.75 Å². The Labute approximate surface area is 185 Å². The van der Waals surface area contributed by atoms with Crippen molar-refractivity contribution < 1.29 is 23.1 Å². The van der Waals surface area contributed by atoms with E-state index in [-0.39, 0.29) is 29.9 Å². The summed E-state index contributed by atoms with van der Waals surface area (Å²) < 4.78 is 29.5. The minimum absolute atomic E-state index is 0.000734. The first kappa shape index (κ1) is 22.1. The Morgan fingerprint density at radius 2 is 1.91 bits per heavy atom. The second-order valence-corrected chi connectivity index (χ2v) is 8.32. The van der Waals surface area contributed by atoms with Gasteiger partial charge in [0, 0.05) is 32.7 Å². The maximum absolute atomic E-state index is 13.1. The summed E-state index contributed by atoms with van der Waals surface area (Å²) in [4.78, 5) is 28.8. The lowest BCUT2D eigenvalue weighted by atomic mass is 10.0. The summed E-state index contributed by atoms with van der Waals surface area (Å²) in [6.07, 6.45) is 3.70. The molecular weight excluding hydrogens is 418 g/mol. The Hall–Kier alpha value is -3.10. The van der Waals surface area contributed by atoms with Crippen LogP contribution in [0.5, 0.6) is 5.75 Å². The number of rotatable bonds is 6. The SMILES string of the molecule is CNC(=O)N1CCC[C@@H](N(C(=O)NCc2ccc3ccc(OC(F)F)cc3c2)C2CC2)C1. The van der Waals surface area contributed by atoms with Gasteiger partial charge in [0.15, 0.2) is 0 Å². The quantitative estimate of drug-likeness (QED) is 0.707. The maximum atomic E-state index is 13.1. The predicted octanol–water partition coefficient (Wildman–Crippen LogP) is 3.92. The van der Waals surface area contributed by atoms with E-state index < -0.39 is 6.61 Å². The van der Waals surface area contributed by atoms with Gasteiger partial charge in [-0.15, -0.1) is 0 Å². The van der Waals surface area contributed by atoms with E-state index in [1.165, 1.54) is 6.07 Å². The van der Waals surface area contributed by atoms with Gasteiger partial charge in [-0.1, -0.05) is 18.2 Å². The number of likely N-dealkylation sites (tertiary alicyclic amines) is 1. The van der Waals surface area contributed by atoms with Crippen molar-refractivity contribution >= 4 is 22.8 Å². The number of amides is 4. The van der Waals surface area contributed by atoms with Gasteiger partial charge in [0.1, 0.15) is 5.75 Å². The van der Waals surface area contributed by atoms with Crippen LogP contribution in [0.2, 0.25) is 0 Å². The third kappa shape index (κ3) is 5.20. The van der Waals surface area contributed by atoms with E-state index in [2.05, 4.69) is 15.4 Å². The molecule has 9 heteroatoms. The smallest absolute Gasteiger partial charge is 0.387 e. The molecular formula is C23H28F2N4O3. The van der Waals surface area contributed by atoms with Crippen LogP contribution in [0.3, 0.4) is 0 Å². The van der Waals surface area contributed by atoms with Crippen LogP contribution in [0, 0.1) is 0 Å². The Morgan fingerprint density at radius 3 is 2.62 bits per heavy atom. The third-order valence-corrected chi connectivity index (χ3v) is 6.01. The number of halogens is 2. The predicted molar refractivity (Wildman–Crippen MR) is 117 cm³/mol. The number of piperidine rings is 1. The number of nitrogens with one attached hydrogen (secondary N) is 2. The Balaban J connectivity index is 1.42. The molecule has 4 amide bonds. The highest BCUT2D eigenvalue weighted by molar-refractivity contribution is 5.84. The van der Waals surface area contributed by atoms with Crippen molar-refractivity contribution in [3.05, 3.63) is 42.0 Å². The first-order chi connectivity index (χ1) is 15.4. The highest BCUT2D eigenvalue weighted by atomic mass is 19.3. The number of hydrogen-bond acceptors (Lipinski definition) is 3. The van der Waals surface area contributed by atoms with E-state index in [1.807, 2.05) is 23.1 Å². The van der Waals surface area contributed by atoms with Crippen LogP contribution in [-0.4, -0.2) is 60.7 Å². The molecule has 7 nitrogen and oxygen atoms in total. The molecule has 172 valence electrons. The van der Waals surface area contributed by atoms with Crippen LogP contribution in [0.1, 0.15) is 31.2 Å². The Kier molecular flexibility index (Phi) is 6.62. The zero-order valence-electron chi connectivity index (χ0n) is 18.0. The summed E-state index contributed by atoms with van der Waals surface area (Å²) >= 11 is 0. The summed E-state index contributed by atoms with van der Waals surface area (Å²) in [6, 6.07) is 10.4. The van der Waals surface area contributed by atoms with Gasteiger partial charge in [0.05, 0.1) is 6.04 Å². The first-order valence-corrected chi connectivity index (χ1v) is 10.9. The van der Waals surface area contributed by atoms with Gasteiger partial charge in [-0.3, -0.25) is 0 Å². The van der Waals surface area contributed by atoms with Gasteiger partial charge in [0.25, 0.3) is 0 Å². The molecule has 2 aromatic carbocycles. The number of carbonyl (C=O) groups excluding carboxylic acids is 2. The highest BCUT2D eigenvalue weighted by Crippen LogP contribution is 2.31. The molecule has 1 atom stereocenters. The van der Waals surface area contributed by atoms with Gasteiger partial charge in [-0.2, -0.15) is 8.78 Å². The fourth-order valence-corrected chi connectivity index (χ4v) is 4.34. The van der Waals surface area contributed by atoms with Crippen molar-refractivity contribution in [1.82, 2.24) is 20.4 Å². The lowest BCUT2D eigenvalue weighted by Crippen LogP contribution is -2.56. The lowest BCUT2D eigenvalue weighted by Gasteiger charge is -2.39. The van der Waals surface area contributed by atoms with Gasteiger partial charge < -0.3 is 25.2 Å². The zero-order chi connectivity index (χ0) is 22.7. The number of benzene rings is 2. The van der Waals surface area contributed by atoms with Crippen molar-refractivity contribution in [2.45, 2.75) is 50.9 Å². The van der Waals surface area contributed by atoms with Crippen LogP contribution in [-0.2, 0) is 6.54 Å². The highest BCUT2D eigenvalue weighted by Gasteiger charge is 2.39. The van der Waals surface area contributed by atoms with Crippen LogP contribution in [0.25, 0.3) is 10.8 Å². The minimum Gasteiger partial charge on any atom is -0.435 e. The molecule has 32 heavy (non-hydrogen) atoms. The molecule has 0 unspecified atom stereocenters. The van der Waals surface area contributed by atoms with Crippen LogP contribution in [0.15, 0.2) is 36.4 Å². The maximum Gasteiger partial charge on any atom is 0.387 e. The molecule has 0 bridgehead atoms. The summed E-state index contributed by atoms with van der Waals surface area (Å²) in [6.45, 7) is -1.32. The number of urea groups is 2. The summed E-state index contributed by atoms with van der Waals surface area (Å²) in [5, 5.41) is 7.33. The molecule has 0 aromatic heterocycles. The number of alkyl halides is 2. The normalized spacial score (nSPS) is 18.5. The number of fused-ring (bicyclic) bond motifs is 1. The molecule has 1 saturated heterocycles. The molecule has 0 spiro atoms. The average molecular weight is 446 g/mol. The van der Waals surface area contributed by atoms with Gasteiger partial charge in [0.2, 0.25) is 0 Å². The van der Waals surface area contributed by atoms with Crippen molar-refractivity contribution in [2.75, 3.05) is 20.1 Å². The summed E-state index contributed by atoms with van der Waals surface area (Å²) in [5.41, 5.74) is 0.867. The van der Waals surface area contributed by atoms with E-state index in [9.17, 15) is 18.4 Å².